The minimum atomic E-state index is -4.71. The molecule has 0 saturated carbocycles. The van der Waals surface area contributed by atoms with E-state index in [2.05, 4.69) is 4.98 Å². The number of ether oxygens (including phenoxy) is 1. The number of benzene rings is 2. The van der Waals surface area contributed by atoms with Gasteiger partial charge in [-0.1, -0.05) is 12.1 Å². The molecule has 0 amide bonds. The molecule has 0 aliphatic rings. The first-order chi connectivity index (χ1) is 14.3. The number of rotatable bonds is 4. The Hall–Kier alpha value is -3.33. The van der Waals surface area contributed by atoms with Crippen LogP contribution in [0.1, 0.15) is 12.5 Å². The van der Waals surface area contributed by atoms with Crippen molar-refractivity contribution >= 4 is 21.6 Å². The first-order valence-corrected chi connectivity index (χ1v) is 9.80. The average Bonchev–Trinajstić information content (AvgIpc) is 3.13. The SMILES string of the molecule is CCOc1ccc(-c2cc3[nH]c(=O)n(-c4ccccc4C(F)(F)F)c(=O)c3s2)cc1. The van der Waals surface area contributed by atoms with Crippen LogP contribution >= 0.6 is 11.3 Å². The Morgan fingerprint density at radius 3 is 2.43 bits per heavy atom. The monoisotopic (exact) mass is 432 g/mol. The van der Waals surface area contributed by atoms with Crippen LogP contribution in [0.25, 0.3) is 26.3 Å². The van der Waals surface area contributed by atoms with Gasteiger partial charge in [0.15, 0.2) is 0 Å². The van der Waals surface area contributed by atoms with Gasteiger partial charge in [-0.15, -0.1) is 11.3 Å². The Kier molecular flexibility index (Phi) is 4.98. The van der Waals surface area contributed by atoms with E-state index in [0.29, 0.717) is 21.8 Å². The van der Waals surface area contributed by atoms with Crippen LogP contribution in [-0.2, 0) is 6.18 Å². The predicted molar refractivity (Wildman–Crippen MR) is 110 cm³/mol. The summed E-state index contributed by atoms with van der Waals surface area (Å²) in [4.78, 5) is 28.7. The van der Waals surface area contributed by atoms with E-state index in [1.165, 1.54) is 12.1 Å². The number of hydrogen-bond donors (Lipinski definition) is 1. The third-order valence-electron chi connectivity index (χ3n) is 4.47. The van der Waals surface area contributed by atoms with Gasteiger partial charge in [-0.3, -0.25) is 4.79 Å². The van der Waals surface area contributed by atoms with Gasteiger partial charge in [0.1, 0.15) is 10.4 Å². The van der Waals surface area contributed by atoms with Crippen molar-refractivity contribution in [3.05, 3.63) is 81.0 Å². The highest BCUT2D eigenvalue weighted by Crippen LogP contribution is 2.34. The number of fused-ring (bicyclic) bond motifs is 1. The number of aromatic amines is 1. The molecule has 4 rings (SSSR count). The molecule has 1 N–H and O–H groups in total. The number of thiophene rings is 1. The maximum Gasteiger partial charge on any atom is 0.418 e. The molecule has 0 saturated heterocycles. The summed E-state index contributed by atoms with van der Waals surface area (Å²) in [5, 5.41) is 0. The number of aromatic nitrogens is 2. The van der Waals surface area contributed by atoms with E-state index in [0.717, 1.165) is 29.0 Å². The fourth-order valence-electron chi connectivity index (χ4n) is 3.16. The van der Waals surface area contributed by atoms with Gasteiger partial charge in [0.25, 0.3) is 5.56 Å². The average molecular weight is 432 g/mol. The topological polar surface area (TPSA) is 64.1 Å². The van der Waals surface area contributed by atoms with E-state index in [4.69, 9.17) is 4.74 Å². The molecule has 0 fully saturated rings. The van der Waals surface area contributed by atoms with Gasteiger partial charge < -0.3 is 9.72 Å². The van der Waals surface area contributed by atoms with Crippen LogP contribution in [0.15, 0.2) is 64.2 Å². The van der Waals surface area contributed by atoms with Gasteiger partial charge in [-0.2, -0.15) is 13.2 Å². The summed E-state index contributed by atoms with van der Waals surface area (Å²) in [6.45, 7) is 2.40. The number of para-hydroxylation sites is 1. The highest BCUT2D eigenvalue weighted by atomic mass is 32.1. The second-order valence-corrected chi connectivity index (χ2v) is 7.45. The van der Waals surface area contributed by atoms with Gasteiger partial charge in [0, 0.05) is 4.88 Å². The molecule has 2 aromatic heterocycles. The number of halogens is 3. The van der Waals surface area contributed by atoms with Gasteiger partial charge in [0.05, 0.1) is 23.4 Å². The first-order valence-electron chi connectivity index (χ1n) is 8.98. The van der Waals surface area contributed by atoms with Gasteiger partial charge >= 0.3 is 11.9 Å². The smallest absolute Gasteiger partial charge is 0.418 e. The highest BCUT2D eigenvalue weighted by molar-refractivity contribution is 7.22. The van der Waals surface area contributed by atoms with Crippen molar-refractivity contribution in [1.82, 2.24) is 9.55 Å². The van der Waals surface area contributed by atoms with E-state index < -0.39 is 28.7 Å². The lowest BCUT2D eigenvalue weighted by Gasteiger charge is -2.13. The molecule has 0 spiro atoms. The van der Waals surface area contributed by atoms with Gasteiger partial charge in [-0.05, 0) is 55.0 Å². The number of nitrogens with zero attached hydrogens (tertiary/aromatic N) is 1. The van der Waals surface area contributed by atoms with Crippen molar-refractivity contribution in [2.45, 2.75) is 13.1 Å². The first kappa shape index (κ1) is 20.0. The van der Waals surface area contributed by atoms with E-state index >= 15 is 0 Å². The Balaban J connectivity index is 1.88. The minimum absolute atomic E-state index is 0.162. The zero-order valence-electron chi connectivity index (χ0n) is 15.6. The third kappa shape index (κ3) is 3.52. The lowest BCUT2D eigenvalue weighted by atomic mass is 10.1. The number of alkyl halides is 3. The summed E-state index contributed by atoms with van der Waals surface area (Å²) in [7, 11) is 0. The standard InChI is InChI=1S/C21H15F3N2O3S/c1-2-29-13-9-7-12(8-10-13)17-11-15-18(30-17)19(27)26(20(28)25-15)16-6-4-3-5-14(16)21(22,23)24/h3-11H,2H2,1H3,(H,25,28). The predicted octanol–water partition coefficient (Wildman–Crippen LogP) is 4.83. The second-order valence-electron chi connectivity index (χ2n) is 6.40. The summed E-state index contributed by atoms with van der Waals surface area (Å²) in [5.74, 6) is 0.696. The second kappa shape index (κ2) is 7.49. The molecular formula is C21H15F3N2O3S. The quantitative estimate of drug-likeness (QED) is 0.503. The fourth-order valence-corrected chi connectivity index (χ4v) is 4.21. The molecule has 4 aromatic rings. The van der Waals surface area contributed by atoms with E-state index in [1.54, 1.807) is 18.2 Å². The van der Waals surface area contributed by atoms with Crippen molar-refractivity contribution in [2.75, 3.05) is 6.61 Å². The molecule has 0 atom stereocenters. The van der Waals surface area contributed by atoms with Crippen LogP contribution in [0.4, 0.5) is 13.2 Å². The summed E-state index contributed by atoms with van der Waals surface area (Å²) < 4.78 is 46.3. The maximum absolute atomic E-state index is 13.4. The summed E-state index contributed by atoms with van der Waals surface area (Å²) in [6, 6.07) is 13.3. The van der Waals surface area contributed by atoms with Crippen molar-refractivity contribution < 1.29 is 17.9 Å². The van der Waals surface area contributed by atoms with Crippen LogP contribution in [0.2, 0.25) is 0 Å². The Labute approximate surface area is 172 Å². The normalized spacial score (nSPS) is 11.7. The zero-order valence-corrected chi connectivity index (χ0v) is 16.4. The minimum Gasteiger partial charge on any atom is -0.494 e. The van der Waals surface area contributed by atoms with Crippen molar-refractivity contribution in [1.29, 1.82) is 0 Å². The molecule has 0 bridgehead atoms. The summed E-state index contributed by atoms with van der Waals surface area (Å²) in [5.41, 5.74) is -2.22. The van der Waals surface area contributed by atoms with Crippen molar-refractivity contribution in [3.8, 4) is 21.9 Å². The maximum atomic E-state index is 13.4. The summed E-state index contributed by atoms with van der Waals surface area (Å²) in [6.07, 6.45) is -4.71. The molecule has 5 nitrogen and oxygen atoms in total. The Morgan fingerprint density at radius 1 is 1.07 bits per heavy atom. The van der Waals surface area contributed by atoms with Crippen molar-refractivity contribution in [3.63, 3.8) is 0 Å². The van der Waals surface area contributed by atoms with Crippen molar-refractivity contribution in [2.24, 2.45) is 0 Å². The molecule has 9 heteroatoms. The molecular weight excluding hydrogens is 417 g/mol. The molecule has 2 heterocycles. The van der Waals surface area contributed by atoms with Gasteiger partial charge in [-0.25, -0.2) is 9.36 Å². The highest BCUT2D eigenvalue weighted by Gasteiger charge is 2.34. The lowest BCUT2D eigenvalue weighted by molar-refractivity contribution is -0.137. The molecule has 0 radical (unpaired) electrons. The van der Waals surface area contributed by atoms with Crippen LogP contribution in [0.5, 0.6) is 5.75 Å². The lowest BCUT2D eigenvalue weighted by Crippen LogP contribution is -2.34. The zero-order chi connectivity index (χ0) is 21.5. The molecule has 0 aliphatic carbocycles. The fraction of sp³-hybridized carbons (Fsp3) is 0.143. The molecule has 0 aliphatic heterocycles. The van der Waals surface area contributed by atoms with E-state index in [1.807, 2.05) is 19.1 Å². The van der Waals surface area contributed by atoms with E-state index in [9.17, 15) is 22.8 Å². The number of hydrogen-bond acceptors (Lipinski definition) is 4. The van der Waals surface area contributed by atoms with Crippen LogP contribution < -0.4 is 16.0 Å². The Morgan fingerprint density at radius 2 is 1.77 bits per heavy atom. The van der Waals surface area contributed by atoms with Crippen LogP contribution in [0.3, 0.4) is 0 Å². The summed E-state index contributed by atoms with van der Waals surface area (Å²) >= 11 is 1.10. The van der Waals surface area contributed by atoms with Gasteiger partial charge in [0.2, 0.25) is 0 Å². The Bertz CT molecular complexity index is 1330. The van der Waals surface area contributed by atoms with Crippen LogP contribution in [-0.4, -0.2) is 16.2 Å². The van der Waals surface area contributed by atoms with E-state index in [-0.39, 0.29) is 10.2 Å². The third-order valence-corrected chi connectivity index (χ3v) is 5.65. The molecule has 2 aromatic carbocycles. The number of nitrogens with one attached hydrogen (secondary N) is 1. The largest absolute Gasteiger partial charge is 0.494 e. The molecule has 30 heavy (non-hydrogen) atoms. The van der Waals surface area contributed by atoms with Crippen LogP contribution in [0, 0.1) is 0 Å². The number of H-pyrrole nitrogens is 1. The molecule has 154 valence electrons. The molecule has 0 unspecified atom stereocenters.